The molecule has 2 nitrogen and oxygen atoms in total. The highest BCUT2D eigenvalue weighted by molar-refractivity contribution is 7.11. The van der Waals surface area contributed by atoms with E-state index in [4.69, 9.17) is 4.74 Å². The van der Waals surface area contributed by atoms with E-state index in [2.05, 4.69) is 10.5 Å². The Bertz CT molecular complexity index is 403. The normalized spacial score (nSPS) is 10.1. The lowest BCUT2D eigenvalue weighted by Crippen LogP contribution is -1.88. The largest absolute Gasteiger partial charge is 0.444 e. The Morgan fingerprint density at radius 3 is 2.57 bits per heavy atom. The molecule has 2 aromatic rings. The van der Waals surface area contributed by atoms with Crippen LogP contribution in [0.5, 0.6) is 10.8 Å². The van der Waals surface area contributed by atoms with E-state index in [0.717, 1.165) is 21.9 Å². The van der Waals surface area contributed by atoms with Crippen molar-refractivity contribution in [2.75, 3.05) is 0 Å². The average Bonchev–Trinajstić information content (AvgIpc) is 2.64. The second kappa shape index (κ2) is 3.80. The number of hydrogen-bond donors (Lipinski definition) is 0. The zero-order valence-corrected chi connectivity index (χ0v) is 8.89. The minimum atomic E-state index is 0.780. The van der Waals surface area contributed by atoms with Gasteiger partial charge in [-0.3, -0.25) is 0 Å². The van der Waals surface area contributed by atoms with Gasteiger partial charge in [0, 0.05) is 0 Å². The van der Waals surface area contributed by atoms with Crippen LogP contribution in [0.4, 0.5) is 0 Å². The zero-order valence-electron chi connectivity index (χ0n) is 8.07. The first-order chi connectivity index (χ1) is 6.77. The molecule has 3 heteroatoms. The van der Waals surface area contributed by atoms with E-state index in [1.807, 2.05) is 32.0 Å². The van der Waals surface area contributed by atoms with E-state index in [-0.39, 0.29) is 0 Å². The predicted octanol–water partition coefficient (Wildman–Crippen LogP) is 3.35. The van der Waals surface area contributed by atoms with Gasteiger partial charge in [-0.2, -0.15) is 0 Å². The summed E-state index contributed by atoms with van der Waals surface area (Å²) in [7, 11) is 0. The van der Waals surface area contributed by atoms with Crippen molar-refractivity contribution < 1.29 is 4.74 Å². The van der Waals surface area contributed by atoms with E-state index in [1.54, 1.807) is 6.20 Å². The number of para-hydroxylation sites is 1. The Morgan fingerprint density at radius 2 is 2.00 bits per heavy atom. The molecule has 0 amide bonds. The Labute approximate surface area is 87.2 Å². The zero-order chi connectivity index (χ0) is 9.97. The van der Waals surface area contributed by atoms with Gasteiger partial charge in [0.2, 0.25) is 5.06 Å². The van der Waals surface area contributed by atoms with Crippen molar-refractivity contribution in [1.29, 1.82) is 0 Å². The molecule has 0 saturated carbocycles. The predicted molar refractivity (Wildman–Crippen MR) is 56.9 cm³/mol. The van der Waals surface area contributed by atoms with Crippen LogP contribution >= 0.6 is 11.3 Å². The van der Waals surface area contributed by atoms with Crippen LogP contribution in [-0.2, 0) is 0 Å². The molecule has 1 aromatic heterocycles. The first-order valence-corrected chi connectivity index (χ1v) is 5.15. The third kappa shape index (κ3) is 1.77. The SMILES string of the molecule is Cc1cccc(C)c1Oc1cn[c]s1. The van der Waals surface area contributed by atoms with Crippen LogP contribution in [-0.4, -0.2) is 4.98 Å². The lowest BCUT2D eigenvalue weighted by atomic mass is 10.1. The number of thiazole rings is 1. The summed E-state index contributed by atoms with van der Waals surface area (Å²) in [6, 6.07) is 6.09. The second-order valence-corrected chi connectivity index (χ2v) is 3.88. The summed E-state index contributed by atoms with van der Waals surface area (Å²) in [5.74, 6) is 0.921. The molecular formula is C11H10NOS. The van der Waals surface area contributed by atoms with E-state index in [1.165, 1.54) is 11.3 Å². The van der Waals surface area contributed by atoms with Gasteiger partial charge in [-0.05, 0) is 25.0 Å². The van der Waals surface area contributed by atoms with Gasteiger partial charge in [0.25, 0.3) is 0 Å². The number of ether oxygens (including phenoxy) is 1. The second-order valence-electron chi connectivity index (χ2n) is 3.09. The maximum atomic E-state index is 5.70. The summed E-state index contributed by atoms with van der Waals surface area (Å²) < 4.78 is 5.70. The van der Waals surface area contributed by atoms with Gasteiger partial charge >= 0.3 is 0 Å². The molecule has 1 radical (unpaired) electrons. The van der Waals surface area contributed by atoms with Gasteiger partial charge in [0.15, 0.2) is 5.51 Å². The maximum Gasteiger partial charge on any atom is 0.201 e. The number of nitrogens with zero attached hydrogens (tertiary/aromatic N) is 1. The molecule has 14 heavy (non-hydrogen) atoms. The summed E-state index contributed by atoms with van der Waals surface area (Å²) in [5.41, 5.74) is 5.03. The first kappa shape index (κ1) is 9.21. The molecule has 0 bridgehead atoms. The summed E-state index contributed by atoms with van der Waals surface area (Å²) >= 11 is 1.38. The fourth-order valence-electron chi connectivity index (χ4n) is 1.28. The van der Waals surface area contributed by atoms with Crippen molar-refractivity contribution >= 4 is 11.3 Å². The smallest absolute Gasteiger partial charge is 0.201 e. The van der Waals surface area contributed by atoms with Gasteiger partial charge in [0.1, 0.15) is 5.75 Å². The number of aromatic nitrogens is 1. The molecule has 71 valence electrons. The molecule has 0 spiro atoms. The standard InChI is InChI=1S/C11H10NOS/c1-8-4-3-5-9(2)11(8)13-10-6-12-7-14-10/h3-6H,1-2H3. The number of aryl methyl sites for hydroxylation is 2. The topological polar surface area (TPSA) is 22.1 Å². The third-order valence-electron chi connectivity index (χ3n) is 1.98. The fourth-order valence-corrected chi connectivity index (χ4v) is 1.71. The van der Waals surface area contributed by atoms with Crippen LogP contribution in [0.2, 0.25) is 0 Å². The molecule has 0 unspecified atom stereocenters. The van der Waals surface area contributed by atoms with Crippen LogP contribution in [0.1, 0.15) is 11.1 Å². The van der Waals surface area contributed by atoms with Crippen LogP contribution in [0.25, 0.3) is 0 Å². The monoisotopic (exact) mass is 204 g/mol. The van der Waals surface area contributed by atoms with Gasteiger partial charge in [-0.15, -0.1) is 0 Å². The van der Waals surface area contributed by atoms with Crippen molar-refractivity contribution in [2.24, 2.45) is 0 Å². The minimum Gasteiger partial charge on any atom is -0.444 e. The van der Waals surface area contributed by atoms with Crippen LogP contribution in [0.15, 0.2) is 24.4 Å². The third-order valence-corrected chi connectivity index (χ3v) is 2.57. The molecule has 0 aliphatic carbocycles. The average molecular weight is 204 g/mol. The number of rotatable bonds is 2. The Hall–Kier alpha value is -1.35. The molecule has 0 aliphatic rings. The van der Waals surface area contributed by atoms with Crippen LogP contribution in [0, 0.1) is 19.4 Å². The van der Waals surface area contributed by atoms with Gasteiger partial charge < -0.3 is 4.74 Å². The molecule has 1 aromatic carbocycles. The fraction of sp³-hybridized carbons (Fsp3) is 0.182. The molecule has 0 atom stereocenters. The molecule has 0 N–H and O–H groups in total. The first-order valence-electron chi connectivity index (χ1n) is 4.33. The Morgan fingerprint density at radius 1 is 1.29 bits per heavy atom. The molecule has 0 saturated heterocycles. The number of benzene rings is 1. The number of hydrogen-bond acceptors (Lipinski definition) is 3. The van der Waals surface area contributed by atoms with E-state index in [0.29, 0.717) is 0 Å². The highest BCUT2D eigenvalue weighted by Gasteiger charge is 2.05. The van der Waals surface area contributed by atoms with Crippen LogP contribution in [0.3, 0.4) is 0 Å². The summed E-state index contributed by atoms with van der Waals surface area (Å²) in [5, 5.41) is 0.780. The van der Waals surface area contributed by atoms with Crippen molar-refractivity contribution in [3.8, 4) is 10.8 Å². The highest BCUT2D eigenvalue weighted by atomic mass is 32.1. The quantitative estimate of drug-likeness (QED) is 0.748. The van der Waals surface area contributed by atoms with E-state index in [9.17, 15) is 0 Å². The molecular weight excluding hydrogens is 194 g/mol. The lowest BCUT2D eigenvalue weighted by Gasteiger charge is -2.08. The summed E-state index contributed by atoms with van der Waals surface area (Å²) in [6.45, 7) is 4.07. The Kier molecular flexibility index (Phi) is 2.50. The van der Waals surface area contributed by atoms with Crippen molar-refractivity contribution in [1.82, 2.24) is 4.98 Å². The van der Waals surface area contributed by atoms with E-state index < -0.39 is 0 Å². The van der Waals surface area contributed by atoms with Gasteiger partial charge in [-0.25, -0.2) is 4.98 Å². The highest BCUT2D eigenvalue weighted by Crippen LogP contribution is 2.29. The van der Waals surface area contributed by atoms with Crippen molar-refractivity contribution in [3.63, 3.8) is 0 Å². The minimum absolute atomic E-state index is 0.780. The molecule has 1 heterocycles. The summed E-state index contributed by atoms with van der Waals surface area (Å²) in [4.78, 5) is 3.85. The van der Waals surface area contributed by atoms with Crippen molar-refractivity contribution in [2.45, 2.75) is 13.8 Å². The van der Waals surface area contributed by atoms with Crippen molar-refractivity contribution in [3.05, 3.63) is 41.0 Å². The maximum absolute atomic E-state index is 5.70. The molecule has 2 rings (SSSR count). The molecule has 0 fully saturated rings. The van der Waals surface area contributed by atoms with Gasteiger partial charge in [-0.1, -0.05) is 29.5 Å². The lowest BCUT2D eigenvalue weighted by molar-refractivity contribution is 0.487. The van der Waals surface area contributed by atoms with Gasteiger partial charge in [0.05, 0.1) is 6.20 Å². The summed E-state index contributed by atoms with van der Waals surface area (Å²) in [6.07, 6.45) is 1.68. The van der Waals surface area contributed by atoms with Crippen LogP contribution < -0.4 is 4.74 Å². The Balaban J connectivity index is 2.33. The van der Waals surface area contributed by atoms with E-state index >= 15 is 0 Å². The molecule has 0 aliphatic heterocycles.